The minimum atomic E-state index is 0.454. The fourth-order valence-electron chi connectivity index (χ4n) is 2.98. The third-order valence-corrected chi connectivity index (χ3v) is 4.01. The molecule has 1 aliphatic heterocycles. The lowest BCUT2D eigenvalue weighted by Gasteiger charge is -2.16. The fraction of sp³-hybridized carbons (Fsp3) is 0.467. The Hall–Kier alpha value is -1.48. The number of hydrogen-bond acceptors (Lipinski definition) is 2. The molecule has 18 heavy (non-hydrogen) atoms. The van der Waals surface area contributed by atoms with Crippen molar-refractivity contribution in [2.24, 2.45) is 7.05 Å². The molecule has 1 aromatic heterocycles. The molecule has 1 aromatic carbocycles. The summed E-state index contributed by atoms with van der Waals surface area (Å²) in [5, 5.41) is 4.99. The SMILES string of the molecule is Cn1cc2c3c(cccc31)OCC(NC1CC1)C2. The van der Waals surface area contributed by atoms with Gasteiger partial charge in [-0.25, -0.2) is 0 Å². The average Bonchev–Trinajstić information content (AvgIpc) is 3.14. The van der Waals surface area contributed by atoms with Crippen LogP contribution in [0.15, 0.2) is 24.4 Å². The van der Waals surface area contributed by atoms with Crippen molar-refractivity contribution in [3.05, 3.63) is 30.0 Å². The van der Waals surface area contributed by atoms with Crippen molar-refractivity contribution in [2.45, 2.75) is 31.3 Å². The van der Waals surface area contributed by atoms with Crippen molar-refractivity contribution in [3.63, 3.8) is 0 Å². The molecule has 0 saturated heterocycles. The first-order valence-corrected chi connectivity index (χ1v) is 6.77. The van der Waals surface area contributed by atoms with E-state index in [0.717, 1.165) is 24.8 Å². The molecule has 0 bridgehead atoms. The lowest BCUT2D eigenvalue weighted by molar-refractivity contribution is 0.269. The van der Waals surface area contributed by atoms with Crippen LogP contribution in [-0.2, 0) is 13.5 Å². The summed E-state index contributed by atoms with van der Waals surface area (Å²) < 4.78 is 8.20. The Labute approximate surface area is 107 Å². The van der Waals surface area contributed by atoms with Crippen molar-refractivity contribution in [2.75, 3.05) is 6.61 Å². The van der Waals surface area contributed by atoms with E-state index in [9.17, 15) is 0 Å². The van der Waals surface area contributed by atoms with Crippen LogP contribution in [0.2, 0.25) is 0 Å². The Balaban J connectivity index is 1.76. The normalized spacial score (nSPS) is 22.8. The molecule has 1 aliphatic carbocycles. The molecule has 1 atom stereocenters. The van der Waals surface area contributed by atoms with E-state index < -0.39 is 0 Å². The highest BCUT2D eigenvalue weighted by Gasteiger charge is 2.27. The molecule has 2 aliphatic rings. The summed E-state index contributed by atoms with van der Waals surface area (Å²) in [7, 11) is 2.11. The van der Waals surface area contributed by atoms with Crippen molar-refractivity contribution < 1.29 is 4.74 Å². The largest absolute Gasteiger partial charge is 0.491 e. The molecule has 0 radical (unpaired) electrons. The summed E-state index contributed by atoms with van der Waals surface area (Å²) in [6.45, 7) is 0.786. The van der Waals surface area contributed by atoms with E-state index in [2.05, 4.69) is 41.3 Å². The second kappa shape index (κ2) is 3.75. The van der Waals surface area contributed by atoms with Gasteiger partial charge < -0.3 is 14.6 Å². The number of rotatable bonds is 2. The van der Waals surface area contributed by atoms with Gasteiger partial charge in [0, 0.05) is 30.7 Å². The number of nitrogens with zero attached hydrogens (tertiary/aromatic N) is 1. The topological polar surface area (TPSA) is 26.2 Å². The fourth-order valence-corrected chi connectivity index (χ4v) is 2.98. The summed E-state index contributed by atoms with van der Waals surface area (Å²) in [5.41, 5.74) is 2.69. The Kier molecular flexibility index (Phi) is 2.18. The van der Waals surface area contributed by atoms with Gasteiger partial charge in [-0.2, -0.15) is 0 Å². The van der Waals surface area contributed by atoms with Crippen molar-refractivity contribution in [3.8, 4) is 5.75 Å². The first-order valence-electron chi connectivity index (χ1n) is 6.77. The van der Waals surface area contributed by atoms with E-state index in [1.807, 2.05) is 0 Å². The molecule has 2 aromatic rings. The van der Waals surface area contributed by atoms with Crippen LogP contribution >= 0.6 is 0 Å². The zero-order valence-corrected chi connectivity index (χ0v) is 10.6. The van der Waals surface area contributed by atoms with Crippen LogP contribution in [0.4, 0.5) is 0 Å². The van der Waals surface area contributed by atoms with Crippen LogP contribution in [0, 0.1) is 0 Å². The Morgan fingerprint density at radius 2 is 2.17 bits per heavy atom. The minimum Gasteiger partial charge on any atom is -0.491 e. The first-order chi connectivity index (χ1) is 8.81. The van der Waals surface area contributed by atoms with E-state index in [1.54, 1.807) is 0 Å². The highest BCUT2D eigenvalue weighted by atomic mass is 16.5. The molecule has 94 valence electrons. The lowest BCUT2D eigenvalue weighted by atomic mass is 10.1. The van der Waals surface area contributed by atoms with Crippen molar-refractivity contribution in [1.29, 1.82) is 0 Å². The van der Waals surface area contributed by atoms with Crippen LogP contribution in [0.5, 0.6) is 5.75 Å². The second-order valence-corrected chi connectivity index (χ2v) is 5.57. The van der Waals surface area contributed by atoms with Gasteiger partial charge in [-0.15, -0.1) is 0 Å². The van der Waals surface area contributed by atoms with E-state index in [0.29, 0.717) is 6.04 Å². The third-order valence-electron chi connectivity index (χ3n) is 4.01. The maximum Gasteiger partial charge on any atom is 0.129 e. The van der Waals surface area contributed by atoms with Crippen LogP contribution in [0.3, 0.4) is 0 Å². The average molecular weight is 242 g/mol. The number of hydrogen-bond donors (Lipinski definition) is 1. The molecule has 3 heteroatoms. The van der Waals surface area contributed by atoms with Crippen LogP contribution in [0.1, 0.15) is 18.4 Å². The van der Waals surface area contributed by atoms with Gasteiger partial charge in [0.15, 0.2) is 0 Å². The second-order valence-electron chi connectivity index (χ2n) is 5.57. The van der Waals surface area contributed by atoms with Gasteiger partial charge in [0.05, 0.1) is 5.52 Å². The number of nitrogens with one attached hydrogen (secondary N) is 1. The maximum atomic E-state index is 6.00. The molecule has 4 rings (SSSR count). The van der Waals surface area contributed by atoms with Gasteiger partial charge in [0.25, 0.3) is 0 Å². The van der Waals surface area contributed by atoms with Gasteiger partial charge in [-0.3, -0.25) is 0 Å². The molecule has 1 saturated carbocycles. The number of benzene rings is 1. The molecular formula is C15H18N2O. The van der Waals surface area contributed by atoms with Gasteiger partial charge in [0.1, 0.15) is 12.4 Å². The van der Waals surface area contributed by atoms with Crippen LogP contribution in [-0.4, -0.2) is 23.3 Å². The van der Waals surface area contributed by atoms with E-state index in [1.165, 1.54) is 29.3 Å². The molecule has 0 amide bonds. The summed E-state index contributed by atoms with van der Waals surface area (Å²) in [5.74, 6) is 1.04. The predicted octanol–water partition coefficient (Wildman–Crippen LogP) is 2.23. The van der Waals surface area contributed by atoms with Gasteiger partial charge >= 0.3 is 0 Å². The molecule has 0 spiro atoms. The minimum absolute atomic E-state index is 0.454. The zero-order valence-electron chi connectivity index (χ0n) is 10.6. The smallest absolute Gasteiger partial charge is 0.129 e. The van der Waals surface area contributed by atoms with Gasteiger partial charge in [-0.05, 0) is 37.0 Å². The van der Waals surface area contributed by atoms with Gasteiger partial charge in [0.2, 0.25) is 0 Å². The monoisotopic (exact) mass is 242 g/mol. The first kappa shape index (κ1) is 10.4. The summed E-state index contributed by atoms with van der Waals surface area (Å²) >= 11 is 0. The molecule has 2 heterocycles. The number of aryl methyl sites for hydroxylation is 1. The quantitative estimate of drug-likeness (QED) is 0.874. The number of ether oxygens (including phenoxy) is 1. The van der Waals surface area contributed by atoms with Crippen LogP contribution < -0.4 is 10.1 Å². The highest BCUT2D eigenvalue weighted by Crippen LogP contribution is 2.33. The van der Waals surface area contributed by atoms with Gasteiger partial charge in [-0.1, -0.05) is 6.07 Å². The van der Waals surface area contributed by atoms with Crippen molar-refractivity contribution in [1.82, 2.24) is 9.88 Å². The molecule has 1 N–H and O–H groups in total. The van der Waals surface area contributed by atoms with E-state index in [-0.39, 0.29) is 0 Å². The molecular weight excluding hydrogens is 224 g/mol. The Morgan fingerprint density at radius 3 is 3.00 bits per heavy atom. The highest BCUT2D eigenvalue weighted by molar-refractivity contribution is 5.90. The summed E-state index contributed by atoms with van der Waals surface area (Å²) in [6.07, 6.45) is 5.98. The third kappa shape index (κ3) is 1.62. The predicted molar refractivity (Wildman–Crippen MR) is 72.1 cm³/mol. The standard InChI is InChI=1S/C15H18N2O/c1-17-8-10-7-12(16-11-5-6-11)9-18-14-4-2-3-13(17)15(10)14/h2-4,8,11-12,16H,5-7,9H2,1H3. The summed E-state index contributed by atoms with van der Waals surface area (Å²) in [6, 6.07) is 7.52. The number of aromatic nitrogens is 1. The van der Waals surface area contributed by atoms with Crippen LogP contribution in [0.25, 0.3) is 10.9 Å². The van der Waals surface area contributed by atoms with Crippen molar-refractivity contribution >= 4 is 10.9 Å². The summed E-state index contributed by atoms with van der Waals surface area (Å²) in [4.78, 5) is 0. The lowest BCUT2D eigenvalue weighted by Crippen LogP contribution is -2.37. The van der Waals surface area contributed by atoms with E-state index >= 15 is 0 Å². The molecule has 3 nitrogen and oxygen atoms in total. The molecule has 1 fully saturated rings. The Morgan fingerprint density at radius 1 is 1.28 bits per heavy atom. The van der Waals surface area contributed by atoms with E-state index in [4.69, 9.17) is 4.74 Å². The zero-order chi connectivity index (χ0) is 12.1. The maximum absolute atomic E-state index is 6.00. The molecule has 1 unspecified atom stereocenters. The Bertz CT molecular complexity index is 598.